The van der Waals surface area contributed by atoms with Crippen LogP contribution in [0.4, 0.5) is 0 Å². The highest BCUT2D eigenvalue weighted by Crippen LogP contribution is 2.54. The molecule has 1 aromatic rings. The van der Waals surface area contributed by atoms with Crippen molar-refractivity contribution in [2.24, 2.45) is 11.3 Å². The van der Waals surface area contributed by atoms with Gasteiger partial charge in [0.05, 0.1) is 6.10 Å². The zero-order chi connectivity index (χ0) is 13.8. The monoisotopic (exact) mass is 343 g/mol. The van der Waals surface area contributed by atoms with Crippen LogP contribution in [-0.2, 0) is 4.74 Å². The van der Waals surface area contributed by atoms with E-state index in [1.807, 2.05) is 23.4 Å². The summed E-state index contributed by atoms with van der Waals surface area (Å²) in [6.45, 7) is 5.24. The van der Waals surface area contributed by atoms with Crippen LogP contribution in [0.3, 0.4) is 0 Å². The van der Waals surface area contributed by atoms with E-state index in [9.17, 15) is 4.79 Å². The third-order valence-electron chi connectivity index (χ3n) is 4.59. The fraction of sp³-hybridized carbons (Fsp3) is 0.643. The number of hydrogen-bond donors (Lipinski definition) is 0. The van der Waals surface area contributed by atoms with Gasteiger partial charge >= 0.3 is 0 Å². The molecular formula is C14H18BrNO2S. The van der Waals surface area contributed by atoms with Crippen LogP contribution < -0.4 is 0 Å². The number of amides is 1. The maximum absolute atomic E-state index is 12.6. The molecule has 0 unspecified atom stereocenters. The van der Waals surface area contributed by atoms with E-state index in [-0.39, 0.29) is 17.4 Å². The van der Waals surface area contributed by atoms with Crippen molar-refractivity contribution < 1.29 is 9.53 Å². The van der Waals surface area contributed by atoms with Gasteiger partial charge in [0.25, 0.3) is 5.91 Å². The summed E-state index contributed by atoms with van der Waals surface area (Å²) < 4.78 is 6.69. The number of hydrogen-bond acceptors (Lipinski definition) is 3. The van der Waals surface area contributed by atoms with Gasteiger partial charge in [0, 0.05) is 35.5 Å². The van der Waals surface area contributed by atoms with E-state index >= 15 is 0 Å². The number of halogens is 1. The third-order valence-corrected chi connectivity index (χ3v) is 6.41. The van der Waals surface area contributed by atoms with E-state index in [2.05, 4.69) is 29.8 Å². The zero-order valence-electron chi connectivity index (χ0n) is 11.4. The van der Waals surface area contributed by atoms with Crippen LogP contribution in [0, 0.1) is 11.3 Å². The molecule has 5 heteroatoms. The maximum Gasteiger partial charge on any atom is 0.265 e. The van der Waals surface area contributed by atoms with Gasteiger partial charge in [-0.15, -0.1) is 11.3 Å². The molecular weight excluding hydrogens is 326 g/mol. The highest BCUT2D eigenvalue weighted by atomic mass is 79.9. The standard InChI is InChI=1S/C14H18BrNO2S/c1-14(2)11(8-4-6-18-12(8)14)16(3)13(17)10-9(15)5-7-19-10/h5,7-8,11-12H,4,6H2,1-3H3/t8-,11+,12+/m0/s1. The molecule has 104 valence electrons. The van der Waals surface area contributed by atoms with E-state index in [0.717, 1.165) is 22.4 Å². The van der Waals surface area contributed by atoms with Gasteiger partial charge in [-0.1, -0.05) is 13.8 Å². The Labute approximate surface area is 126 Å². The van der Waals surface area contributed by atoms with Crippen LogP contribution in [0.5, 0.6) is 0 Å². The van der Waals surface area contributed by atoms with Crippen molar-refractivity contribution in [3.63, 3.8) is 0 Å². The lowest BCUT2D eigenvalue weighted by molar-refractivity contribution is -0.139. The fourth-order valence-corrected chi connectivity index (χ4v) is 5.34. The summed E-state index contributed by atoms with van der Waals surface area (Å²) in [6.07, 6.45) is 1.39. The molecule has 1 aliphatic heterocycles. The quantitative estimate of drug-likeness (QED) is 0.823. The van der Waals surface area contributed by atoms with E-state index < -0.39 is 0 Å². The molecule has 1 amide bonds. The highest BCUT2D eigenvalue weighted by Gasteiger charge is 2.61. The zero-order valence-corrected chi connectivity index (χ0v) is 13.8. The van der Waals surface area contributed by atoms with Gasteiger partial charge in [0.1, 0.15) is 4.88 Å². The minimum Gasteiger partial charge on any atom is -0.377 e. The number of thiophene rings is 1. The lowest BCUT2D eigenvalue weighted by atomic mass is 9.57. The Kier molecular flexibility index (Phi) is 3.27. The number of rotatable bonds is 2. The topological polar surface area (TPSA) is 29.5 Å². The summed E-state index contributed by atoms with van der Waals surface area (Å²) in [4.78, 5) is 15.3. The van der Waals surface area contributed by atoms with Gasteiger partial charge < -0.3 is 9.64 Å². The van der Waals surface area contributed by atoms with E-state index in [1.54, 1.807) is 0 Å². The van der Waals surface area contributed by atoms with Crippen molar-refractivity contribution in [1.29, 1.82) is 0 Å². The predicted octanol–water partition coefficient (Wildman–Crippen LogP) is 3.40. The molecule has 0 spiro atoms. The molecule has 1 saturated heterocycles. The van der Waals surface area contributed by atoms with Gasteiger partial charge in [-0.2, -0.15) is 0 Å². The van der Waals surface area contributed by atoms with Gasteiger partial charge in [0.15, 0.2) is 0 Å². The average molecular weight is 344 g/mol. The van der Waals surface area contributed by atoms with Crippen LogP contribution in [0.1, 0.15) is 29.9 Å². The smallest absolute Gasteiger partial charge is 0.265 e. The number of fused-ring (bicyclic) bond motifs is 1. The van der Waals surface area contributed by atoms with Crippen molar-refractivity contribution in [3.8, 4) is 0 Å². The Morgan fingerprint density at radius 3 is 2.95 bits per heavy atom. The Morgan fingerprint density at radius 2 is 2.32 bits per heavy atom. The lowest BCUT2D eigenvalue weighted by Gasteiger charge is -2.57. The molecule has 1 saturated carbocycles. The third kappa shape index (κ3) is 1.89. The van der Waals surface area contributed by atoms with Crippen LogP contribution in [0.2, 0.25) is 0 Å². The Hall–Kier alpha value is -0.390. The first kappa shape index (κ1) is 13.6. The molecule has 1 aliphatic carbocycles. The van der Waals surface area contributed by atoms with Crippen molar-refractivity contribution in [2.45, 2.75) is 32.4 Å². The Bertz CT molecular complexity index is 513. The first-order chi connectivity index (χ1) is 8.94. The number of ether oxygens (including phenoxy) is 1. The number of nitrogens with zero attached hydrogens (tertiary/aromatic N) is 1. The van der Waals surface area contributed by atoms with Gasteiger partial charge in [0.2, 0.25) is 0 Å². The molecule has 1 aromatic heterocycles. The van der Waals surface area contributed by atoms with E-state index in [0.29, 0.717) is 12.0 Å². The summed E-state index contributed by atoms with van der Waals surface area (Å²) in [6, 6.07) is 2.21. The largest absolute Gasteiger partial charge is 0.377 e. The Balaban J connectivity index is 1.83. The van der Waals surface area contributed by atoms with E-state index in [4.69, 9.17) is 4.74 Å². The summed E-state index contributed by atoms with van der Waals surface area (Å²) >= 11 is 4.94. The molecule has 2 heterocycles. The van der Waals surface area contributed by atoms with Crippen LogP contribution in [0.25, 0.3) is 0 Å². The molecule has 3 atom stereocenters. The van der Waals surface area contributed by atoms with Crippen molar-refractivity contribution in [1.82, 2.24) is 4.90 Å². The van der Waals surface area contributed by atoms with Crippen molar-refractivity contribution >= 4 is 33.2 Å². The van der Waals surface area contributed by atoms with E-state index in [1.165, 1.54) is 11.3 Å². The number of carbonyl (C=O) groups is 1. The second-order valence-electron chi connectivity index (χ2n) is 6.02. The maximum atomic E-state index is 12.6. The molecule has 0 N–H and O–H groups in total. The fourth-order valence-electron chi connectivity index (χ4n) is 3.82. The minimum absolute atomic E-state index is 0.0509. The summed E-state index contributed by atoms with van der Waals surface area (Å²) in [5.41, 5.74) is 0.0509. The molecule has 2 fully saturated rings. The normalized spacial score (nSPS) is 31.7. The summed E-state index contributed by atoms with van der Waals surface area (Å²) in [5, 5.41) is 1.94. The SMILES string of the molecule is CN(C(=O)c1sccc1Br)[C@@H]1[C@@H]2CCO[C@H]2C1(C)C. The van der Waals surface area contributed by atoms with Crippen molar-refractivity contribution in [3.05, 3.63) is 20.8 Å². The molecule has 0 radical (unpaired) electrons. The summed E-state index contributed by atoms with van der Waals surface area (Å²) in [5.74, 6) is 0.619. The van der Waals surface area contributed by atoms with Crippen LogP contribution in [-0.4, -0.2) is 36.6 Å². The highest BCUT2D eigenvalue weighted by molar-refractivity contribution is 9.10. The molecule has 2 aliphatic rings. The summed E-state index contributed by atoms with van der Waals surface area (Å²) in [7, 11) is 1.93. The molecule has 3 rings (SSSR count). The second kappa shape index (κ2) is 4.57. The van der Waals surface area contributed by atoms with Crippen LogP contribution >= 0.6 is 27.3 Å². The Morgan fingerprint density at radius 1 is 1.58 bits per heavy atom. The van der Waals surface area contributed by atoms with Crippen molar-refractivity contribution in [2.75, 3.05) is 13.7 Å². The molecule has 3 nitrogen and oxygen atoms in total. The number of carbonyl (C=O) groups excluding carboxylic acids is 1. The van der Waals surface area contributed by atoms with Gasteiger partial charge in [-0.25, -0.2) is 0 Å². The average Bonchev–Trinajstić information content (AvgIpc) is 2.95. The molecule has 19 heavy (non-hydrogen) atoms. The first-order valence-electron chi connectivity index (χ1n) is 6.56. The van der Waals surface area contributed by atoms with Gasteiger partial charge in [-0.3, -0.25) is 4.79 Å². The van der Waals surface area contributed by atoms with Crippen LogP contribution in [0.15, 0.2) is 15.9 Å². The first-order valence-corrected chi connectivity index (χ1v) is 8.23. The van der Waals surface area contributed by atoms with Gasteiger partial charge in [-0.05, 0) is 33.8 Å². The predicted molar refractivity (Wildman–Crippen MR) is 79.5 cm³/mol. The minimum atomic E-state index is 0.0509. The second-order valence-corrected chi connectivity index (χ2v) is 7.79. The molecule has 0 bridgehead atoms. The lowest BCUT2D eigenvalue weighted by Crippen LogP contribution is -2.66. The molecule has 0 aromatic carbocycles.